The predicted molar refractivity (Wildman–Crippen MR) is 50.3 cm³/mol. The van der Waals surface area contributed by atoms with Gasteiger partial charge in [0.1, 0.15) is 5.75 Å². The molecule has 66 valence electrons. The maximum atomic E-state index is 9.48. The van der Waals surface area contributed by atoms with E-state index < -0.39 is 0 Å². The zero-order valence-corrected chi connectivity index (χ0v) is 7.54. The van der Waals surface area contributed by atoms with Gasteiger partial charge in [0, 0.05) is 0 Å². The molecule has 12 heavy (non-hydrogen) atoms. The Kier molecular flexibility index (Phi) is 2.71. The number of aryl methyl sites for hydroxylation is 1. The van der Waals surface area contributed by atoms with E-state index in [1.165, 1.54) is 0 Å². The van der Waals surface area contributed by atoms with Crippen LogP contribution in [0.1, 0.15) is 24.0 Å². The highest BCUT2D eigenvalue weighted by Crippen LogP contribution is 2.25. The summed E-state index contributed by atoms with van der Waals surface area (Å²) in [6, 6.07) is 5.59. The zero-order valence-electron chi connectivity index (χ0n) is 7.54. The Hall–Kier alpha value is -1.02. The molecular formula is C10H15NO. The van der Waals surface area contributed by atoms with Crippen molar-refractivity contribution < 1.29 is 5.11 Å². The molecule has 0 radical (unpaired) electrons. The Morgan fingerprint density at radius 3 is 2.75 bits per heavy atom. The highest BCUT2D eigenvalue weighted by molar-refractivity contribution is 5.38. The number of phenolic OH excluding ortho intramolecular Hbond substituents is 1. The number of benzene rings is 1. The second-order valence-electron chi connectivity index (χ2n) is 3.20. The van der Waals surface area contributed by atoms with E-state index in [2.05, 4.69) is 0 Å². The number of aromatic hydroxyl groups is 1. The average Bonchev–Trinajstić information content (AvgIpc) is 2.08. The van der Waals surface area contributed by atoms with Gasteiger partial charge in [0.25, 0.3) is 0 Å². The SMILES string of the molecule is Cc1ccc(O)c(C(C)CN)c1. The first-order valence-corrected chi connectivity index (χ1v) is 4.14. The molecule has 1 aromatic rings. The van der Waals surface area contributed by atoms with Crippen LogP contribution in [0.3, 0.4) is 0 Å². The molecule has 0 saturated heterocycles. The molecule has 0 aliphatic rings. The van der Waals surface area contributed by atoms with Crippen LogP contribution in [0.4, 0.5) is 0 Å². The molecule has 0 amide bonds. The van der Waals surface area contributed by atoms with Gasteiger partial charge in [0.15, 0.2) is 0 Å². The second kappa shape index (κ2) is 3.59. The molecule has 2 heteroatoms. The molecule has 1 unspecified atom stereocenters. The number of rotatable bonds is 2. The van der Waals surface area contributed by atoms with Crippen LogP contribution in [0.25, 0.3) is 0 Å². The lowest BCUT2D eigenvalue weighted by atomic mass is 9.98. The molecule has 0 spiro atoms. The fourth-order valence-corrected chi connectivity index (χ4v) is 1.20. The Morgan fingerprint density at radius 1 is 1.50 bits per heavy atom. The molecule has 1 aromatic carbocycles. The van der Waals surface area contributed by atoms with Crippen molar-refractivity contribution >= 4 is 0 Å². The first-order chi connectivity index (χ1) is 5.65. The molecule has 0 heterocycles. The Morgan fingerprint density at radius 2 is 2.17 bits per heavy atom. The van der Waals surface area contributed by atoms with E-state index in [-0.39, 0.29) is 5.92 Å². The molecule has 0 aliphatic carbocycles. The van der Waals surface area contributed by atoms with E-state index in [4.69, 9.17) is 5.73 Å². The molecule has 0 bridgehead atoms. The first kappa shape index (κ1) is 9.07. The summed E-state index contributed by atoms with van der Waals surface area (Å²) in [5.41, 5.74) is 7.61. The van der Waals surface area contributed by atoms with E-state index in [0.717, 1.165) is 11.1 Å². The Bertz CT molecular complexity index is 271. The monoisotopic (exact) mass is 165 g/mol. The van der Waals surface area contributed by atoms with Gasteiger partial charge < -0.3 is 10.8 Å². The summed E-state index contributed by atoms with van der Waals surface area (Å²) < 4.78 is 0. The van der Waals surface area contributed by atoms with E-state index >= 15 is 0 Å². The second-order valence-corrected chi connectivity index (χ2v) is 3.20. The third-order valence-electron chi connectivity index (χ3n) is 2.07. The van der Waals surface area contributed by atoms with Crippen molar-refractivity contribution in [1.29, 1.82) is 0 Å². The van der Waals surface area contributed by atoms with Gasteiger partial charge in [-0.15, -0.1) is 0 Å². The van der Waals surface area contributed by atoms with E-state index in [1.54, 1.807) is 6.07 Å². The normalized spacial score (nSPS) is 12.9. The molecule has 0 aromatic heterocycles. The minimum absolute atomic E-state index is 0.227. The summed E-state index contributed by atoms with van der Waals surface area (Å²) in [5.74, 6) is 0.573. The summed E-state index contributed by atoms with van der Waals surface area (Å²) in [6.45, 7) is 4.58. The maximum absolute atomic E-state index is 9.48. The number of phenols is 1. The minimum Gasteiger partial charge on any atom is -0.508 e. The van der Waals surface area contributed by atoms with Crippen molar-refractivity contribution in [1.82, 2.24) is 0 Å². The Labute approximate surface area is 73.0 Å². The molecule has 2 nitrogen and oxygen atoms in total. The van der Waals surface area contributed by atoms with Crippen LogP contribution < -0.4 is 5.73 Å². The average molecular weight is 165 g/mol. The first-order valence-electron chi connectivity index (χ1n) is 4.14. The van der Waals surface area contributed by atoms with Gasteiger partial charge >= 0.3 is 0 Å². The summed E-state index contributed by atoms with van der Waals surface area (Å²) in [4.78, 5) is 0. The zero-order chi connectivity index (χ0) is 9.14. The van der Waals surface area contributed by atoms with Gasteiger partial charge in [-0.05, 0) is 31.0 Å². The van der Waals surface area contributed by atoms with Crippen LogP contribution in [-0.2, 0) is 0 Å². The molecule has 0 aliphatic heterocycles. The minimum atomic E-state index is 0.227. The highest BCUT2D eigenvalue weighted by atomic mass is 16.3. The fraction of sp³-hybridized carbons (Fsp3) is 0.400. The quantitative estimate of drug-likeness (QED) is 0.701. The van der Waals surface area contributed by atoms with Crippen LogP contribution >= 0.6 is 0 Å². The van der Waals surface area contributed by atoms with E-state index in [9.17, 15) is 5.11 Å². The maximum Gasteiger partial charge on any atom is 0.119 e. The largest absolute Gasteiger partial charge is 0.508 e. The lowest BCUT2D eigenvalue weighted by molar-refractivity contribution is 0.463. The lowest BCUT2D eigenvalue weighted by Crippen LogP contribution is -2.09. The fourth-order valence-electron chi connectivity index (χ4n) is 1.20. The van der Waals surface area contributed by atoms with Crippen LogP contribution in [0.15, 0.2) is 18.2 Å². The van der Waals surface area contributed by atoms with Gasteiger partial charge in [-0.3, -0.25) is 0 Å². The highest BCUT2D eigenvalue weighted by Gasteiger charge is 2.07. The van der Waals surface area contributed by atoms with Crippen molar-refractivity contribution in [3.63, 3.8) is 0 Å². The van der Waals surface area contributed by atoms with Crippen molar-refractivity contribution in [3.8, 4) is 5.75 Å². The van der Waals surface area contributed by atoms with Gasteiger partial charge in [-0.25, -0.2) is 0 Å². The van der Waals surface area contributed by atoms with Crippen molar-refractivity contribution in [2.45, 2.75) is 19.8 Å². The van der Waals surface area contributed by atoms with Crippen molar-refractivity contribution in [2.24, 2.45) is 5.73 Å². The molecular weight excluding hydrogens is 150 g/mol. The molecule has 3 N–H and O–H groups in total. The standard InChI is InChI=1S/C10H15NO/c1-7-3-4-10(12)9(5-7)8(2)6-11/h3-5,8,12H,6,11H2,1-2H3. The molecule has 1 atom stereocenters. The Balaban J connectivity index is 3.04. The van der Waals surface area contributed by atoms with Gasteiger partial charge in [-0.1, -0.05) is 24.6 Å². The van der Waals surface area contributed by atoms with Crippen molar-refractivity contribution in [2.75, 3.05) is 6.54 Å². The van der Waals surface area contributed by atoms with Crippen LogP contribution in [0, 0.1) is 6.92 Å². The lowest BCUT2D eigenvalue weighted by Gasteiger charge is -2.11. The summed E-state index contributed by atoms with van der Waals surface area (Å²) in [6.07, 6.45) is 0. The summed E-state index contributed by atoms with van der Waals surface area (Å²) >= 11 is 0. The van der Waals surface area contributed by atoms with Crippen LogP contribution in [0.2, 0.25) is 0 Å². The molecule has 0 fully saturated rings. The smallest absolute Gasteiger partial charge is 0.119 e. The van der Waals surface area contributed by atoms with Gasteiger partial charge in [-0.2, -0.15) is 0 Å². The number of hydrogen-bond donors (Lipinski definition) is 2. The van der Waals surface area contributed by atoms with Crippen LogP contribution in [-0.4, -0.2) is 11.7 Å². The van der Waals surface area contributed by atoms with E-state index in [1.807, 2.05) is 26.0 Å². The van der Waals surface area contributed by atoms with Gasteiger partial charge in [0.05, 0.1) is 0 Å². The van der Waals surface area contributed by atoms with E-state index in [0.29, 0.717) is 12.3 Å². The third-order valence-corrected chi connectivity index (χ3v) is 2.07. The molecule has 1 rings (SSSR count). The summed E-state index contributed by atoms with van der Waals surface area (Å²) in [7, 11) is 0. The van der Waals surface area contributed by atoms with Gasteiger partial charge in [0.2, 0.25) is 0 Å². The number of nitrogens with two attached hydrogens (primary N) is 1. The summed E-state index contributed by atoms with van der Waals surface area (Å²) in [5, 5.41) is 9.48. The number of hydrogen-bond acceptors (Lipinski definition) is 2. The van der Waals surface area contributed by atoms with Crippen LogP contribution in [0.5, 0.6) is 5.75 Å². The third kappa shape index (κ3) is 1.77. The predicted octanol–water partition coefficient (Wildman–Crippen LogP) is 1.76. The topological polar surface area (TPSA) is 46.2 Å². The van der Waals surface area contributed by atoms with Crippen molar-refractivity contribution in [3.05, 3.63) is 29.3 Å². The molecule has 0 saturated carbocycles.